The third-order valence-corrected chi connectivity index (χ3v) is 3.16. The first-order valence-corrected chi connectivity index (χ1v) is 6.19. The summed E-state index contributed by atoms with van der Waals surface area (Å²) in [6.45, 7) is 1.41. The molecule has 1 heterocycles. The first-order valence-electron chi connectivity index (χ1n) is 5.81. The largest absolute Gasteiger partial charge is 0.309 e. The van der Waals surface area contributed by atoms with Crippen molar-refractivity contribution in [1.82, 2.24) is 4.90 Å². The van der Waals surface area contributed by atoms with Crippen molar-refractivity contribution in [1.29, 1.82) is 0 Å². The Hall–Kier alpha value is -1.39. The lowest BCUT2D eigenvalue weighted by atomic mass is 10.1. The zero-order chi connectivity index (χ0) is 13.3. The molecule has 0 saturated heterocycles. The summed E-state index contributed by atoms with van der Waals surface area (Å²) in [6.07, 6.45) is 0.817. The van der Waals surface area contributed by atoms with Gasteiger partial charge in [-0.05, 0) is 45.3 Å². The molecule has 0 radical (unpaired) electrons. The third kappa shape index (κ3) is 2.40. The molecule has 0 aromatic heterocycles. The van der Waals surface area contributed by atoms with Crippen LogP contribution in [0.1, 0.15) is 16.8 Å². The van der Waals surface area contributed by atoms with Crippen LogP contribution >= 0.6 is 11.6 Å². The number of Topliss-reactive ketones (excluding diaryl/α,β-unsaturated/α-hetero) is 1. The number of halogens is 1. The zero-order valence-electron chi connectivity index (χ0n) is 10.4. The summed E-state index contributed by atoms with van der Waals surface area (Å²) in [7, 11) is 3.95. The van der Waals surface area contributed by atoms with Crippen LogP contribution in [0.5, 0.6) is 0 Å². The van der Waals surface area contributed by atoms with Crippen molar-refractivity contribution in [2.45, 2.75) is 6.42 Å². The minimum absolute atomic E-state index is 0.438. The second-order valence-corrected chi connectivity index (χ2v) is 5.04. The Kier molecular flexibility index (Phi) is 3.68. The summed E-state index contributed by atoms with van der Waals surface area (Å²) in [5.41, 5.74) is 1.09. The van der Waals surface area contributed by atoms with E-state index in [4.69, 9.17) is 11.6 Å². The predicted octanol–water partition coefficient (Wildman–Crippen LogP) is 1.82. The van der Waals surface area contributed by atoms with Crippen LogP contribution in [0.15, 0.2) is 18.2 Å². The van der Waals surface area contributed by atoms with Crippen LogP contribution in [-0.4, -0.2) is 43.8 Å². The molecule has 0 unspecified atom stereocenters. The first-order chi connectivity index (χ1) is 8.50. The van der Waals surface area contributed by atoms with Gasteiger partial charge in [-0.3, -0.25) is 9.59 Å². The molecule has 0 aliphatic carbocycles. The molecule has 0 atom stereocenters. The van der Waals surface area contributed by atoms with Gasteiger partial charge < -0.3 is 9.80 Å². The fourth-order valence-electron chi connectivity index (χ4n) is 2.03. The molecule has 0 saturated carbocycles. The number of rotatable bonds is 4. The molecular formula is C13H15ClN2O2. The number of anilines is 1. The monoisotopic (exact) mass is 266 g/mol. The molecule has 1 aromatic rings. The standard InChI is InChI=1S/C13H15ClN2O2/c1-15(2)6-3-7-16-11-8-9(14)4-5-10(11)12(17)13(16)18/h4-5,8H,3,6-7H2,1-2H3. The minimum Gasteiger partial charge on any atom is -0.309 e. The summed E-state index contributed by atoms with van der Waals surface area (Å²) in [4.78, 5) is 27.2. The Labute approximate surface area is 111 Å². The fraction of sp³-hybridized carbons (Fsp3) is 0.385. The van der Waals surface area contributed by atoms with Crippen molar-refractivity contribution in [3.05, 3.63) is 28.8 Å². The summed E-state index contributed by atoms with van der Waals surface area (Å²) in [6, 6.07) is 4.92. The van der Waals surface area contributed by atoms with Crippen molar-refractivity contribution in [2.24, 2.45) is 0 Å². The normalized spacial score (nSPS) is 14.6. The molecule has 5 heteroatoms. The van der Waals surface area contributed by atoms with E-state index in [0.717, 1.165) is 13.0 Å². The van der Waals surface area contributed by atoms with Crippen LogP contribution in [0.4, 0.5) is 5.69 Å². The van der Waals surface area contributed by atoms with Crippen LogP contribution in [0.2, 0.25) is 5.02 Å². The van der Waals surface area contributed by atoms with Gasteiger partial charge in [0.05, 0.1) is 11.3 Å². The van der Waals surface area contributed by atoms with Gasteiger partial charge in [0, 0.05) is 11.6 Å². The first kappa shape index (κ1) is 13.1. The highest BCUT2D eigenvalue weighted by atomic mass is 35.5. The number of benzene rings is 1. The average Bonchev–Trinajstić information content (AvgIpc) is 2.53. The summed E-state index contributed by atoms with van der Waals surface area (Å²) in [5.74, 6) is -0.891. The van der Waals surface area contributed by atoms with E-state index in [1.807, 2.05) is 19.0 Å². The van der Waals surface area contributed by atoms with E-state index in [1.54, 1.807) is 18.2 Å². The maximum absolute atomic E-state index is 11.9. The highest BCUT2D eigenvalue weighted by Gasteiger charge is 2.35. The van der Waals surface area contributed by atoms with Crippen LogP contribution in [-0.2, 0) is 4.79 Å². The van der Waals surface area contributed by atoms with Gasteiger partial charge in [0.15, 0.2) is 0 Å². The van der Waals surface area contributed by atoms with E-state index in [0.29, 0.717) is 22.8 Å². The summed E-state index contributed by atoms with van der Waals surface area (Å²) in [5, 5.41) is 0.536. The van der Waals surface area contributed by atoms with Gasteiger partial charge in [-0.15, -0.1) is 0 Å². The van der Waals surface area contributed by atoms with Crippen LogP contribution in [0.3, 0.4) is 0 Å². The van der Waals surface area contributed by atoms with Gasteiger partial charge >= 0.3 is 0 Å². The third-order valence-electron chi connectivity index (χ3n) is 2.92. The number of fused-ring (bicyclic) bond motifs is 1. The number of hydrogen-bond donors (Lipinski definition) is 0. The lowest BCUT2D eigenvalue weighted by Gasteiger charge is -2.18. The van der Waals surface area contributed by atoms with Crippen molar-refractivity contribution in [3.63, 3.8) is 0 Å². The van der Waals surface area contributed by atoms with E-state index in [9.17, 15) is 9.59 Å². The zero-order valence-corrected chi connectivity index (χ0v) is 11.2. The molecular weight excluding hydrogens is 252 g/mol. The fourth-order valence-corrected chi connectivity index (χ4v) is 2.20. The molecule has 2 rings (SSSR count). The maximum Gasteiger partial charge on any atom is 0.299 e. The molecule has 1 aliphatic rings. The van der Waals surface area contributed by atoms with Gasteiger partial charge in [0.25, 0.3) is 11.7 Å². The second-order valence-electron chi connectivity index (χ2n) is 4.60. The Morgan fingerprint density at radius 2 is 2.00 bits per heavy atom. The number of amides is 1. The lowest BCUT2D eigenvalue weighted by Crippen LogP contribution is -2.32. The lowest BCUT2D eigenvalue weighted by molar-refractivity contribution is -0.114. The van der Waals surface area contributed by atoms with E-state index in [2.05, 4.69) is 0 Å². The van der Waals surface area contributed by atoms with Crippen molar-refractivity contribution >= 4 is 29.0 Å². The number of nitrogens with zero attached hydrogens (tertiary/aromatic N) is 2. The average molecular weight is 267 g/mol. The highest BCUT2D eigenvalue weighted by molar-refractivity contribution is 6.52. The molecule has 1 aromatic carbocycles. The number of carbonyl (C=O) groups is 2. The topological polar surface area (TPSA) is 40.6 Å². The number of ketones is 1. The minimum atomic E-state index is -0.453. The molecule has 18 heavy (non-hydrogen) atoms. The molecule has 0 spiro atoms. The second kappa shape index (κ2) is 5.08. The SMILES string of the molecule is CN(C)CCCN1C(=O)C(=O)c2ccc(Cl)cc21. The molecule has 1 amide bonds. The molecule has 0 bridgehead atoms. The van der Waals surface area contributed by atoms with E-state index in [1.165, 1.54) is 4.90 Å². The van der Waals surface area contributed by atoms with Crippen LogP contribution < -0.4 is 4.90 Å². The van der Waals surface area contributed by atoms with Gasteiger partial charge in [-0.2, -0.15) is 0 Å². The van der Waals surface area contributed by atoms with Crippen molar-refractivity contribution in [2.75, 3.05) is 32.1 Å². The Bertz CT molecular complexity index is 500. The van der Waals surface area contributed by atoms with Crippen molar-refractivity contribution in [3.8, 4) is 0 Å². The van der Waals surface area contributed by atoms with Gasteiger partial charge in [-0.25, -0.2) is 0 Å². The van der Waals surface area contributed by atoms with E-state index in [-0.39, 0.29) is 0 Å². The van der Waals surface area contributed by atoms with Crippen LogP contribution in [0.25, 0.3) is 0 Å². The number of hydrogen-bond acceptors (Lipinski definition) is 3. The number of carbonyl (C=O) groups excluding carboxylic acids is 2. The van der Waals surface area contributed by atoms with Crippen LogP contribution in [0, 0.1) is 0 Å². The van der Waals surface area contributed by atoms with Gasteiger partial charge in [0.1, 0.15) is 0 Å². The highest BCUT2D eigenvalue weighted by Crippen LogP contribution is 2.31. The molecule has 0 N–H and O–H groups in total. The summed E-state index contributed by atoms with van der Waals surface area (Å²) < 4.78 is 0. The quantitative estimate of drug-likeness (QED) is 0.781. The molecule has 96 valence electrons. The van der Waals surface area contributed by atoms with Gasteiger partial charge in [-0.1, -0.05) is 11.6 Å². The molecule has 4 nitrogen and oxygen atoms in total. The Morgan fingerprint density at radius 1 is 1.28 bits per heavy atom. The van der Waals surface area contributed by atoms with E-state index < -0.39 is 11.7 Å². The molecule has 0 fully saturated rings. The smallest absolute Gasteiger partial charge is 0.299 e. The maximum atomic E-state index is 11.9. The van der Waals surface area contributed by atoms with E-state index >= 15 is 0 Å². The van der Waals surface area contributed by atoms with Gasteiger partial charge in [0.2, 0.25) is 0 Å². The van der Waals surface area contributed by atoms with Crippen molar-refractivity contribution < 1.29 is 9.59 Å². The predicted molar refractivity (Wildman–Crippen MR) is 71.3 cm³/mol. The summed E-state index contributed by atoms with van der Waals surface area (Å²) >= 11 is 5.91. The Balaban J connectivity index is 2.19. The Morgan fingerprint density at radius 3 is 2.67 bits per heavy atom. The molecule has 1 aliphatic heterocycles.